The van der Waals surface area contributed by atoms with Crippen LogP contribution in [0.5, 0.6) is 0 Å². The van der Waals surface area contributed by atoms with Crippen LogP contribution in [-0.4, -0.2) is 22.5 Å². The second kappa shape index (κ2) is 5.29. The van der Waals surface area contributed by atoms with Crippen LogP contribution >= 0.6 is 27.5 Å². The van der Waals surface area contributed by atoms with E-state index in [1.54, 1.807) is 0 Å². The van der Waals surface area contributed by atoms with Crippen LogP contribution in [0, 0.1) is 0 Å². The first-order valence-electron chi connectivity index (χ1n) is 2.45. The van der Waals surface area contributed by atoms with Crippen LogP contribution in [0.15, 0.2) is 11.0 Å². The Morgan fingerprint density at radius 1 is 1.67 bits per heavy atom. The van der Waals surface area contributed by atoms with E-state index in [-0.39, 0.29) is 0 Å². The average molecular weight is 213 g/mol. The summed E-state index contributed by atoms with van der Waals surface area (Å²) in [7, 11) is -1.43. The Morgan fingerprint density at radius 3 is 2.56 bits per heavy atom. The predicted octanol–water partition coefficient (Wildman–Crippen LogP) is 0.906. The van der Waals surface area contributed by atoms with Crippen LogP contribution in [0.25, 0.3) is 0 Å². The van der Waals surface area contributed by atoms with Crippen LogP contribution in [0.2, 0.25) is 0 Å². The van der Waals surface area contributed by atoms with Crippen LogP contribution < -0.4 is 0 Å². The summed E-state index contributed by atoms with van der Waals surface area (Å²) in [5, 5.41) is 17.8. The Hall–Kier alpha value is 0.495. The van der Waals surface area contributed by atoms with Crippen molar-refractivity contribution in [3.63, 3.8) is 0 Å². The van der Waals surface area contributed by atoms with Crippen LogP contribution in [0.1, 0.15) is 6.42 Å². The number of hydrogen-bond acceptors (Lipinski definition) is 2. The lowest BCUT2D eigenvalue weighted by molar-refractivity contribution is 0.424. The molecule has 0 saturated heterocycles. The highest BCUT2D eigenvalue weighted by molar-refractivity contribution is 9.09. The van der Waals surface area contributed by atoms with Crippen molar-refractivity contribution in [1.82, 2.24) is 0 Å². The smallest absolute Gasteiger partial charge is 0.424 e. The van der Waals surface area contributed by atoms with Crippen LogP contribution in [0.4, 0.5) is 0 Å². The molecular weight excluding hydrogens is 206 g/mol. The van der Waals surface area contributed by atoms with Gasteiger partial charge in [-0.05, 0) is 12.4 Å². The zero-order chi connectivity index (χ0) is 7.28. The van der Waals surface area contributed by atoms with Crippen molar-refractivity contribution < 1.29 is 10.0 Å². The third-order valence-electron chi connectivity index (χ3n) is 0.663. The molecule has 0 aliphatic carbocycles. The highest BCUT2D eigenvalue weighted by atomic mass is 79.9. The molecule has 52 valence electrons. The lowest BCUT2D eigenvalue weighted by Gasteiger charge is -1.92. The van der Waals surface area contributed by atoms with E-state index < -0.39 is 7.12 Å². The van der Waals surface area contributed by atoms with Gasteiger partial charge in [-0.1, -0.05) is 27.5 Å². The van der Waals surface area contributed by atoms with E-state index in [1.807, 2.05) is 0 Å². The minimum atomic E-state index is -1.43. The summed E-state index contributed by atoms with van der Waals surface area (Å²) in [5.41, 5.74) is 0. The fourth-order valence-corrected chi connectivity index (χ4v) is 1.20. The summed E-state index contributed by atoms with van der Waals surface area (Å²) < 4.78 is 0. The molecule has 0 bridgehead atoms. The van der Waals surface area contributed by atoms with Crippen molar-refractivity contribution >= 4 is 34.6 Å². The molecule has 0 unspecified atom stereocenters. The second-order valence-electron chi connectivity index (χ2n) is 1.47. The molecule has 0 aliphatic heterocycles. The van der Waals surface area contributed by atoms with Crippen molar-refractivity contribution in [2.24, 2.45) is 0 Å². The van der Waals surface area contributed by atoms with Gasteiger partial charge in [0.1, 0.15) is 0 Å². The van der Waals surface area contributed by atoms with Crippen molar-refractivity contribution in [2.45, 2.75) is 6.42 Å². The van der Waals surface area contributed by atoms with Gasteiger partial charge < -0.3 is 10.0 Å². The Morgan fingerprint density at radius 2 is 2.22 bits per heavy atom. The molecule has 0 aliphatic rings. The fraction of sp³-hybridized carbons (Fsp3) is 0.500. The molecule has 0 radical (unpaired) electrons. The first kappa shape index (κ1) is 9.49. The number of rotatable bonds is 3. The van der Waals surface area contributed by atoms with Gasteiger partial charge in [-0.3, -0.25) is 0 Å². The zero-order valence-corrected chi connectivity index (χ0v) is 7.06. The van der Waals surface area contributed by atoms with Gasteiger partial charge >= 0.3 is 7.12 Å². The van der Waals surface area contributed by atoms with Crippen molar-refractivity contribution in [3.8, 4) is 0 Å². The first-order chi connectivity index (χ1) is 4.16. The lowest BCUT2D eigenvalue weighted by Crippen LogP contribution is -2.06. The molecule has 0 heterocycles. The standard InChI is InChI=1S/C4H7BBrClO2/c6-2-1-4(7)3-5(8)9/h3,8-9H,1-2H2/b4-3+. The van der Waals surface area contributed by atoms with Gasteiger partial charge in [0.25, 0.3) is 0 Å². The topological polar surface area (TPSA) is 40.5 Å². The summed E-state index contributed by atoms with van der Waals surface area (Å²) in [4.78, 5) is 0. The molecule has 2 N–H and O–H groups in total. The van der Waals surface area contributed by atoms with Gasteiger partial charge in [-0.15, -0.1) is 0 Å². The van der Waals surface area contributed by atoms with Crippen molar-refractivity contribution in [2.75, 3.05) is 5.33 Å². The maximum atomic E-state index is 8.33. The third kappa shape index (κ3) is 6.38. The molecule has 0 fully saturated rings. The van der Waals surface area contributed by atoms with E-state index in [2.05, 4.69) is 15.9 Å². The maximum Gasteiger partial charge on any atom is 0.481 e. The number of alkyl halides is 1. The van der Waals surface area contributed by atoms with Gasteiger partial charge in [0, 0.05) is 10.4 Å². The SMILES string of the molecule is OB(O)/C=C(/Cl)CCBr. The van der Waals surface area contributed by atoms with E-state index in [1.165, 1.54) is 5.98 Å². The van der Waals surface area contributed by atoms with Gasteiger partial charge in [-0.2, -0.15) is 0 Å². The van der Waals surface area contributed by atoms with Crippen molar-refractivity contribution in [3.05, 3.63) is 11.0 Å². The molecule has 0 saturated carbocycles. The summed E-state index contributed by atoms with van der Waals surface area (Å²) in [6, 6.07) is 0. The van der Waals surface area contributed by atoms with Gasteiger partial charge in [0.2, 0.25) is 0 Å². The summed E-state index contributed by atoms with van der Waals surface area (Å²) in [6.07, 6.45) is 0.624. The highest BCUT2D eigenvalue weighted by Gasteiger charge is 2.01. The quantitative estimate of drug-likeness (QED) is 0.540. The number of allylic oxidation sites excluding steroid dienone is 1. The molecule has 0 aromatic heterocycles. The molecule has 0 atom stereocenters. The molecule has 0 aromatic rings. The van der Waals surface area contributed by atoms with E-state index in [9.17, 15) is 0 Å². The lowest BCUT2D eigenvalue weighted by atomic mass is 9.91. The number of halogens is 2. The largest absolute Gasteiger partial charge is 0.481 e. The molecular formula is C4H7BBrClO2. The molecule has 2 nitrogen and oxygen atoms in total. The Bertz CT molecular complexity index is 107. The van der Waals surface area contributed by atoms with E-state index in [4.69, 9.17) is 21.6 Å². The van der Waals surface area contributed by atoms with E-state index in [0.29, 0.717) is 11.5 Å². The fourth-order valence-electron chi connectivity index (χ4n) is 0.335. The molecule has 0 aromatic carbocycles. The van der Waals surface area contributed by atoms with E-state index >= 15 is 0 Å². The van der Waals surface area contributed by atoms with Gasteiger partial charge in [-0.25, -0.2) is 0 Å². The predicted molar refractivity (Wildman–Crippen MR) is 42.5 cm³/mol. The third-order valence-corrected chi connectivity index (χ3v) is 1.37. The first-order valence-corrected chi connectivity index (χ1v) is 3.95. The zero-order valence-electron chi connectivity index (χ0n) is 4.72. The molecule has 0 spiro atoms. The normalized spacial score (nSPS) is 11.8. The van der Waals surface area contributed by atoms with Crippen LogP contribution in [-0.2, 0) is 0 Å². The maximum absolute atomic E-state index is 8.33. The highest BCUT2D eigenvalue weighted by Crippen LogP contribution is 2.08. The van der Waals surface area contributed by atoms with E-state index in [0.717, 1.165) is 5.33 Å². The summed E-state index contributed by atoms with van der Waals surface area (Å²) in [5.74, 6) is 1.18. The molecule has 0 amide bonds. The Balaban J connectivity index is 3.55. The second-order valence-corrected chi connectivity index (χ2v) is 2.74. The molecule has 5 heteroatoms. The summed E-state index contributed by atoms with van der Waals surface area (Å²) >= 11 is 8.64. The minimum Gasteiger partial charge on any atom is -0.424 e. The van der Waals surface area contributed by atoms with Crippen LogP contribution in [0.3, 0.4) is 0 Å². The van der Waals surface area contributed by atoms with Gasteiger partial charge in [0.05, 0.1) is 0 Å². The minimum absolute atomic E-state index is 0.460. The Labute approximate surface area is 67.8 Å². The number of hydrogen-bond donors (Lipinski definition) is 2. The summed E-state index contributed by atoms with van der Waals surface area (Å²) in [6.45, 7) is 0. The average Bonchev–Trinajstić information content (AvgIpc) is 1.63. The van der Waals surface area contributed by atoms with Gasteiger partial charge in [0.15, 0.2) is 0 Å². The Kier molecular flexibility index (Phi) is 5.58. The molecule has 9 heavy (non-hydrogen) atoms. The van der Waals surface area contributed by atoms with Crippen molar-refractivity contribution in [1.29, 1.82) is 0 Å². The monoisotopic (exact) mass is 212 g/mol. The molecule has 0 rings (SSSR count).